The Morgan fingerprint density at radius 2 is 1.78 bits per heavy atom. The molecule has 10 heteroatoms. The lowest BCUT2D eigenvalue weighted by Gasteiger charge is -2.13. The topological polar surface area (TPSA) is 94.9 Å². The second-order valence-electron chi connectivity index (χ2n) is 5.84. The van der Waals surface area contributed by atoms with Gasteiger partial charge in [-0.15, -0.1) is 5.10 Å². The van der Waals surface area contributed by atoms with Crippen molar-refractivity contribution in [1.82, 2.24) is 30.0 Å². The molecule has 0 amide bonds. The van der Waals surface area contributed by atoms with Gasteiger partial charge < -0.3 is 5.73 Å². The number of rotatable bonds is 3. The highest BCUT2D eigenvalue weighted by Gasteiger charge is 2.21. The van der Waals surface area contributed by atoms with Gasteiger partial charge in [-0.05, 0) is 53.7 Å². The molecular formula is C17H12F3N7. The number of aryl methyl sites for hydroxylation is 1. The summed E-state index contributed by atoms with van der Waals surface area (Å²) in [5.74, 6) is -0.362. The number of benzene rings is 1. The first-order chi connectivity index (χ1) is 12.9. The van der Waals surface area contributed by atoms with Crippen LogP contribution < -0.4 is 5.73 Å². The Balaban J connectivity index is 2.07. The van der Waals surface area contributed by atoms with Gasteiger partial charge >= 0.3 is 0 Å². The number of halogens is 3. The zero-order valence-corrected chi connectivity index (χ0v) is 13.9. The quantitative estimate of drug-likeness (QED) is 0.594. The smallest absolute Gasteiger partial charge is 0.280 e. The molecule has 3 aromatic heterocycles. The Kier molecular flexibility index (Phi) is 3.94. The Morgan fingerprint density at radius 1 is 1.04 bits per heavy atom. The van der Waals surface area contributed by atoms with E-state index in [0.29, 0.717) is 28.2 Å². The molecule has 27 heavy (non-hydrogen) atoms. The summed E-state index contributed by atoms with van der Waals surface area (Å²) in [6, 6.07) is 8.43. The molecule has 0 aliphatic rings. The molecule has 0 bridgehead atoms. The molecule has 136 valence electrons. The summed E-state index contributed by atoms with van der Waals surface area (Å²) >= 11 is 0. The second kappa shape index (κ2) is 6.31. The first kappa shape index (κ1) is 16.9. The van der Waals surface area contributed by atoms with Crippen LogP contribution in [0.5, 0.6) is 0 Å². The van der Waals surface area contributed by atoms with E-state index in [9.17, 15) is 13.2 Å². The summed E-state index contributed by atoms with van der Waals surface area (Å²) in [6.07, 6.45) is -2.75. The van der Waals surface area contributed by atoms with Gasteiger partial charge in [0.1, 0.15) is 17.2 Å². The third-order valence-corrected chi connectivity index (χ3v) is 3.95. The average molecular weight is 371 g/mol. The van der Waals surface area contributed by atoms with E-state index in [0.717, 1.165) is 0 Å². The van der Waals surface area contributed by atoms with Crippen molar-refractivity contribution in [1.29, 1.82) is 0 Å². The normalized spacial score (nSPS) is 11.4. The fraction of sp³-hybridized carbons (Fsp3) is 0.118. The number of tetrazole rings is 1. The lowest BCUT2D eigenvalue weighted by molar-refractivity contribution is 0.146. The minimum absolute atomic E-state index is 0.0583. The van der Waals surface area contributed by atoms with E-state index in [2.05, 4.69) is 25.5 Å². The van der Waals surface area contributed by atoms with Crippen LogP contribution in [0.15, 0.2) is 36.4 Å². The molecule has 0 fully saturated rings. The third kappa shape index (κ3) is 2.94. The fourth-order valence-electron chi connectivity index (χ4n) is 2.83. The zero-order valence-electron chi connectivity index (χ0n) is 13.9. The number of alkyl halides is 2. The van der Waals surface area contributed by atoms with Crippen LogP contribution >= 0.6 is 0 Å². The average Bonchev–Trinajstić information content (AvgIpc) is 3.12. The maximum absolute atomic E-state index is 13.3. The Morgan fingerprint density at radius 3 is 2.48 bits per heavy atom. The minimum Gasteiger partial charge on any atom is -0.380 e. The molecule has 3 heterocycles. The fourth-order valence-corrected chi connectivity index (χ4v) is 2.83. The summed E-state index contributed by atoms with van der Waals surface area (Å²) in [7, 11) is 0. The van der Waals surface area contributed by atoms with Gasteiger partial charge in [0.15, 0.2) is 5.82 Å². The van der Waals surface area contributed by atoms with Crippen molar-refractivity contribution in [2.45, 2.75) is 13.3 Å². The van der Waals surface area contributed by atoms with Crippen LogP contribution in [0.25, 0.3) is 28.2 Å². The number of hydrogen-bond donors (Lipinski definition) is 1. The maximum atomic E-state index is 13.3. The summed E-state index contributed by atoms with van der Waals surface area (Å²) in [4.78, 5) is 8.19. The molecule has 7 nitrogen and oxygen atoms in total. The summed E-state index contributed by atoms with van der Waals surface area (Å²) < 4.78 is 41.1. The van der Waals surface area contributed by atoms with Crippen LogP contribution in [-0.4, -0.2) is 30.0 Å². The molecule has 0 saturated carbocycles. The predicted molar refractivity (Wildman–Crippen MR) is 91.3 cm³/mol. The number of nitrogen functional groups attached to an aromatic ring is 1. The first-order valence-corrected chi connectivity index (χ1v) is 7.84. The van der Waals surface area contributed by atoms with Crippen molar-refractivity contribution in [3.8, 4) is 22.5 Å². The predicted octanol–water partition coefficient (Wildman–Crippen LogP) is 3.22. The van der Waals surface area contributed by atoms with E-state index in [4.69, 9.17) is 5.73 Å². The summed E-state index contributed by atoms with van der Waals surface area (Å²) in [5.41, 5.74) is 7.74. The molecular weight excluding hydrogens is 359 g/mol. The van der Waals surface area contributed by atoms with Gasteiger partial charge in [0.2, 0.25) is 5.65 Å². The van der Waals surface area contributed by atoms with Crippen molar-refractivity contribution < 1.29 is 13.2 Å². The van der Waals surface area contributed by atoms with Crippen LogP contribution in [0.2, 0.25) is 0 Å². The lowest BCUT2D eigenvalue weighted by atomic mass is 10.0. The molecule has 0 aliphatic heterocycles. The van der Waals surface area contributed by atoms with E-state index in [1.54, 1.807) is 13.0 Å². The number of aromatic nitrogens is 6. The monoisotopic (exact) mass is 371 g/mol. The Bertz CT molecular complexity index is 1140. The zero-order chi connectivity index (χ0) is 19.1. The van der Waals surface area contributed by atoms with Crippen molar-refractivity contribution in [2.75, 3.05) is 5.73 Å². The highest BCUT2D eigenvalue weighted by molar-refractivity contribution is 5.82. The standard InChI is InChI=1S/C17H12F3N7/c1-8-6-10(7-12(22-8)15(19)20)14-13(9-2-4-11(18)5-3-9)23-16(21)17-24-25-26-27(14)17/h2-7,15H,1H3,(H2,21,23). The van der Waals surface area contributed by atoms with Gasteiger partial charge in [-0.25, -0.2) is 18.2 Å². The number of nitrogens with two attached hydrogens (primary N) is 1. The lowest BCUT2D eigenvalue weighted by Crippen LogP contribution is -2.06. The van der Waals surface area contributed by atoms with Crippen molar-refractivity contribution in [3.63, 3.8) is 0 Å². The maximum Gasteiger partial charge on any atom is 0.280 e. The molecule has 0 aliphatic carbocycles. The van der Waals surface area contributed by atoms with E-state index in [1.165, 1.54) is 34.8 Å². The number of anilines is 1. The van der Waals surface area contributed by atoms with Crippen molar-refractivity contribution >= 4 is 11.5 Å². The minimum atomic E-state index is -2.75. The molecule has 0 spiro atoms. The third-order valence-electron chi connectivity index (χ3n) is 3.95. The molecule has 2 N–H and O–H groups in total. The van der Waals surface area contributed by atoms with Crippen LogP contribution in [0, 0.1) is 12.7 Å². The molecule has 0 radical (unpaired) electrons. The SMILES string of the molecule is Cc1cc(-c2c(-c3ccc(F)cc3)nc(N)c3nnnn23)cc(C(F)F)n1. The van der Waals surface area contributed by atoms with E-state index in [1.807, 2.05) is 0 Å². The van der Waals surface area contributed by atoms with Crippen LogP contribution in [-0.2, 0) is 0 Å². The van der Waals surface area contributed by atoms with Crippen LogP contribution in [0.3, 0.4) is 0 Å². The summed E-state index contributed by atoms with van der Waals surface area (Å²) in [5, 5.41) is 11.3. The van der Waals surface area contributed by atoms with Gasteiger partial charge in [-0.3, -0.25) is 4.98 Å². The first-order valence-electron chi connectivity index (χ1n) is 7.84. The molecule has 0 saturated heterocycles. The molecule has 4 aromatic rings. The number of fused-ring (bicyclic) bond motifs is 1. The molecule has 1 aromatic carbocycles. The van der Waals surface area contributed by atoms with Gasteiger partial charge in [0, 0.05) is 16.8 Å². The van der Waals surface area contributed by atoms with Crippen molar-refractivity contribution in [2.24, 2.45) is 0 Å². The van der Waals surface area contributed by atoms with Gasteiger partial charge in [-0.2, -0.15) is 4.52 Å². The molecule has 4 rings (SSSR count). The van der Waals surface area contributed by atoms with E-state index < -0.39 is 12.2 Å². The van der Waals surface area contributed by atoms with E-state index >= 15 is 0 Å². The number of pyridine rings is 1. The Labute approximate surface area is 150 Å². The van der Waals surface area contributed by atoms with Crippen LogP contribution in [0.1, 0.15) is 17.8 Å². The van der Waals surface area contributed by atoms with Gasteiger partial charge in [0.25, 0.3) is 6.43 Å². The largest absolute Gasteiger partial charge is 0.380 e. The molecule has 0 unspecified atom stereocenters. The second-order valence-corrected chi connectivity index (χ2v) is 5.84. The van der Waals surface area contributed by atoms with E-state index in [-0.39, 0.29) is 17.2 Å². The molecule has 0 atom stereocenters. The number of nitrogens with zero attached hydrogens (tertiary/aromatic N) is 6. The van der Waals surface area contributed by atoms with Crippen LogP contribution in [0.4, 0.5) is 19.0 Å². The van der Waals surface area contributed by atoms with Crippen molar-refractivity contribution in [3.05, 3.63) is 53.6 Å². The highest BCUT2D eigenvalue weighted by atomic mass is 19.3. The number of hydrogen-bond acceptors (Lipinski definition) is 6. The van der Waals surface area contributed by atoms with Gasteiger partial charge in [-0.1, -0.05) is 0 Å². The highest BCUT2D eigenvalue weighted by Crippen LogP contribution is 2.34. The van der Waals surface area contributed by atoms with Gasteiger partial charge in [0.05, 0.1) is 5.69 Å². The summed E-state index contributed by atoms with van der Waals surface area (Å²) in [6.45, 7) is 1.61. The Hall–Kier alpha value is -3.56.